The molecule has 0 aliphatic rings. The van der Waals surface area contributed by atoms with E-state index in [1.54, 1.807) is 45.5 Å². The van der Waals surface area contributed by atoms with Crippen LogP contribution in [-0.4, -0.2) is 32.0 Å². The summed E-state index contributed by atoms with van der Waals surface area (Å²) in [5.41, 5.74) is 1.46. The van der Waals surface area contributed by atoms with Gasteiger partial charge in [0.05, 0.1) is 7.11 Å². The fraction of sp³-hybridized carbons (Fsp3) is 0.250. The minimum atomic E-state index is -0.0271. The van der Waals surface area contributed by atoms with E-state index in [1.165, 1.54) is 4.90 Å². The Morgan fingerprint density at radius 1 is 1.47 bits per heavy atom. The predicted molar refractivity (Wildman–Crippen MR) is 61.1 cm³/mol. The van der Waals surface area contributed by atoms with E-state index in [0.717, 1.165) is 11.3 Å². The highest BCUT2D eigenvalue weighted by atomic mass is 16.5. The zero-order valence-corrected chi connectivity index (χ0v) is 9.28. The van der Waals surface area contributed by atoms with Crippen molar-refractivity contribution in [3.05, 3.63) is 35.9 Å². The van der Waals surface area contributed by atoms with Crippen molar-refractivity contribution in [3.8, 4) is 5.75 Å². The van der Waals surface area contributed by atoms with Crippen molar-refractivity contribution in [2.75, 3.05) is 21.2 Å². The second-order valence-corrected chi connectivity index (χ2v) is 3.36. The molecule has 0 saturated carbocycles. The van der Waals surface area contributed by atoms with E-state index in [0.29, 0.717) is 5.56 Å². The van der Waals surface area contributed by atoms with Crippen molar-refractivity contribution in [3.63, 3.8) is 0 Å². The van der Waals surface area contributed by atoms with Crippen LogP contribution in [-0.2, 0) is 0 Å². The van der Waals surface area contributed by atoms with Gasteiger partial charge in [0.25, 0.3) is 5.91 Å². The van der Waals surface area contributed by atoms with Crippen LogP contribution in [0.25, 0.3) is 6.08 Å². The molecule has 0 radical (unpaired) electrons. The third-order valence-corrected chi connectivity index (χ3v) is 2.10. The highest BCUT2D eigenvalue weighted by molar-refractivity contribution is 5.94. The lowest BCUT2D eigenvalue weighted by Crippen LogP contribution is -2.21. The monoisotopic (exact) mass is 205 g/mol. The van der Waals surface area contributed by atoms with Crippen molar-refractivity contribution < 1.29 is 9.53 Å². The first kappa shape index (κ1) is 11.3. The third-order valence-electron chi connectivity index (χ3n) is 2.10. The molecule has 0 spiro atoms. The number of methoxy groups -OCH3 is 1. The summed E-state index contributed by atoms with van der Waals surface area (Å²) in [6, 6.07) is 5.29. The number of ether oxygens (including phenoxy) is 1. The van der Waals surface area contributed by atoms with Gasteiger partial charge in [-0.1, -0.05) is 12.7 Å². The fourth-order valence-corrected chi connectivity index (χ4v) is 1.29. The Kier molecular flexibility index (Phi) is 3.50. The van der Waals surface area contributed by atoms with Crippen LogP contribution in [0.15, 0.2) is 24.8 Å². The zero-order valence-electron chi connectivity index (χ0n) is 9.28. The summed E-state index contributed by atoms with van der Waals surface area (Å²) in [4.78, 5) is 13.2. The van der Waals surface area contributed by atoms with E-state index in [9.17, 15) is 4.79 Å². The molecule has 1 amide bonds. The Balaban J connectivity index is 3.13. The lowest BCUT2D eigenvalue weighted by molar-refractivity contribution is 0.0827. The van der Waals surface area contributed by atoms with Gasteiger partial charge in [-0.05, 0) is 18.2 Å². The molecule has 3 heteroatoms. The van der Waals surface area contributed by atoms with E-state index in [1.807, 2.05) is 0 Å². The number of hydrogen-bond donors (Lipinski definition) is 0. The van der Waals surface area contributed by atoms with Gasteiger partial charge in [0.1, 0.15) is 5.75 Å². The molecule has 1 aromatic carbocycles. The summed E-state index contributed by atoms with van der Waals surface area (Å²) < 4.78 is 5.14. The standard InChI is InChI=1S/C12H15NO2/c1-5-9-8-10(12(14)13(2)3)6-7-11(9)15-4/h5-8H,1H2,2-4H3. The fourth-order valence-electron chi connectivity index (χ4n) is 1.29. The molecule has 15 heavy (non-hydrogen) atoms. The Morgan fingerprint density at radius 3 is 2.60 bits per heavy atom. The number of nitrogens with zero attached hydrogens (tertiary/aromatic N) is 1. The van der Waals surface area contributed by atoms with Crippen molar-refractivity contribution in [1.29, 1.82) is 0 Å². The van der Waals surface area contributed by atoms with Crippen molar-refractivity contribution in [1.82, 2.24) is 4.90 Å². The third kappa shape index (κ3) is 2.37. The Hall–Kier alpha value is -1.77. The van der Waals surface area contributed by atoms with Crippen molar-refractivity contribution >= 4 is 12.0 Å². The zero-order chi connectivity index (χ0) is 11.4. The first-order chi connectivity index (χ1) is 7.10. The molecule has 0 unspecified atom stereocenters. The average Bonchev–Trinajstić information content (AvgIpc) is 2.26. The maximum Gasteiger partial charge on any atom is 0.253 e. The van der Waals surface area contributed by atoms with E-state index >= 15 is 0 Å². The predicted octanol–water partition coefficient (Wildman–Crippen LogP) is 2.04. The molecule has 0 bridgehead atoms. The number of carbonyl (C=O) groups is 1. The van der Waals surface area contributed by atoms with Gasteiger partial charge < -0.3 is 9.64 Å². The molecule has 3 nitrogen and oxygen atoms in total. The van der Waals surface area contributed by atoms with Crippen LogP contribution in [0.2, 0.25) is 0 Å². The molecule has 0 aliphatic carbocycles. The van der Waals surface area contributed by atoms with E-state index in [4.69, 9.17) is 4.74 Å². The molecule has 1 rings (SSSR count). The molecule has 0 aliphatic heterocycles. The number of rotatable bonds is 3. The molecule has 0 aromatic heterocycles. The van der Waals surface area contributed by atoms with Crippen LogP contribution in [0.5, 0.6) is 5.75 Å². The number of hydrogen-bond acceptors (Lipinski definition) is 2. The van der Waals surface area contributed by atoms with Crippen LogP contribution in [0.1, 0.15) is 15.9 Å². The maximum absolute atomic E-state index is 11.7. The van der Waals surface area contributed by atoms with Crippen LogP contribution >= 0.6 is 0 Å². The molecule has 80 valence electrons. The maximum atomic E-state index is 11.7. The summed E-state index contributed by atoms with van der Waals surface area (Å²) in [6.45, 7) is 3.68. The Morgan fingerprint density at radius 2 is 2.13 bits per heavy atom. The summed E-state index contributed by atoms with van der Waals surface area (Å²) in [5.74, 6) is 0.695. The van der Waals surface area contributed by atoms with E-state index < -0.39 is 0 Å². The summed E-state index contributed by atoms with van der Waals surface area (Å²) in [6.07, 6.45) is 1.67. The Labute approximate surface area is 90.0 Å². The van der Waals surface area contributed by atoms with Gasteiger partial charge in [-0.15, -0.1) is 0 Å². The topological polar surface area (TPSA) is 29.5 Å². The normalized spacial score (nSPS) is 9.53. The van der Waals surface area contributed by atoms with Crippen LogP contribution in [0, 0.1) is 0 Å². The molecular weight excluding hydrogens is 190 g/mol. The minimum absolute atomic E-state index is 0.0271. The summed E-state index contributed by atoms with van der Waals surface area (Å²) >= 11 is 0. The van der Waals surface area contributed by atoms with Crippen molar-refractivity contribution in [2.24, 2.45) is 0 Å². The van der Waals surface area contributed by atoms with Gasteiger partial charge in [0.2, 0.25) is 0 Å². The quantitative estimate of drug-likeness (QED) is 0.755. The van der Waals surface area contributed by atoms with Crippen LogP contribution < -0.4 is 4.74 Å². The highest BCUT2D eigenvalue weighted by Crippen LogP contribution is 2.21. The van der Waals surface area contributed by atoms with Gasteiger partial charge in [0.15, 0.2) is 0 Å². The van der Waals surface area contributed by atoms with Crippen LogP contribution in [0.4, 0.5) is 0 Å². The van der Waals surface area contributed by atoms with Gasteiger partial charge in [-0.2, -0.15) is 0 Å². The summed E-state index contributed by atoms with van der Waals surface area (Å²) in [5, 5.41) is 0. The smallest absolute Gasteiger partial charge is 0.253 e. The second kappa shape index (κ2) is 4.64. The van der Waals surface area contributed by atoms with Crippen molar-refractivity contribution in [2.45, 2.75) is 0 Å². The van der Waals surface area contributed by atoms with Gasteiger partial charge in [-0.3, -0.25) is 4.79 Å². The molecular formula is C12H15NO2. The second-order valence-electron chi connectivity index (χ2n) is 3.36. The van der Waals surface area contributed by atoms with Gasteiger partial charge in [-0.25, -0.2) is 0 Å². The number of amides is 1. The first-order valence-corrected chi connectivity index (χ1v) is 4.62. The Bertz CT molecular complexity index is 383. The largest absolute Gasteiger partial charge is 0.496 e. The molecule has 0 atom stereocenters. The highest BCUT2D eigenvalue weighted by Gasteiger charge is 2.09. The van der Waals surface area contributed by atoms with E-state index in [2.05, 4.69) is 6.58 Å². The molecule has 0 fully saturated rings. The van der Waals surface area contributed by atoms with E-state index in [-0.39, 0.29) is 5.91 Å². The molecule has 1 aromatic rings. The van der Waals surface area contributed by atoms with Crippen LogP contribution in [0.3, 0.4) is 0 Å². The average molecular weight is 205 g/mol. The minimum Gasteiger partial charge on any atom is -0.496 e. The lowest BCUT2D eigenvalue weighted by atomic mass is 10.1. The number of carbonyl (C=O) groups excluding carboxylic acids is 1. The SMILES string of the molecule is C=Cc1cc(C(=O)N(C)C)ccc1OC. The summed E-state index contributed by atoms with van der Waals surface area (Å²) in [7, 11) is 5.04. The lowest BCUT2D eigenvalue weighted by Gasteiger charge is -2.12. The molecule has 0 saturated heterocycles. The van der Waals surface area contributed by atoms with Gasteiger partial charge >= 0.3 is 0 Å². The van der Waals surface area contributed by atoms with Gasteiger partial charge in [0, 0.05) is 25.2 Å². The molecule has 0 heterocycles. The number of benzene rings is 1. The first-order valence-electron chi connectivity index (χ1n) is 4.62. The molecule has 0 N–H and O–H groups in total.